The highest BCUT2D eigenvalue weighted by atomic mass is 16.4. The number of nitrogens with zero attached hydrogens (tertiary/aromatic N) is 2. The average molecular weight is 247 g/mol. The Bertz CT molecular complexity index is 552. The standard InChI is InChI=1S/C13H17N3O2/c14-10-4-1-5-11-12(10)15-13(18-11)16-6-2-3-9(7-16)8-17/h1,4-5,9,17H,2-3,6-8,14H2. The first-order valence-corrected chi connectivity index (χ1v) is 6.29. The summed E-state index contributed by atoms with van der Waals surface area (Å²) in [5, 5.41) is 9.24. The molecule has 1 aromatic heterocycles. The number of aliphatic hydroxyl groups is 1. The molecule has 0 spiro atoms. The Morgan fingerprint density at radius 3 is 3.17 bits per heavy atom. The fraction of sp³-hybridized carbons (Fsp3) is 0.462. The molecule has 1 aromatic carbocycles. The second-order valence-electron chi connectivity index (χ2n) is 4.83. The van der Waals surface area contributed by atoms with E-state index in [1.54, 1.807) is 0 Å². The number of piperidine rings is 1. The lowest BCUT2D eigenvalue weighted by atomic mass is 10.00. The lowest BCUT2D eigenvalue weighted by Gasteiger charge is -2.30. The summed E-state index contributed by atoms with van der Waals surface area (Å²) in [6.45, 7) is 1.94. The fourth-order valence-electron chi connectivity index (χ4n) is 2.48. The maximum atomic E-state index is 9.24. The third-order valence-electron chi connectivity index (χ3n) is 3.49. The van der Waals surface area contributed by atoms with Gasteiger partial charge in [0.05, 0.1) is 5.69 Å². The molecule has 0 bridgehead atoms. The molecule has 5 heteroatoms. The van der Waals surface area contributed by atoms with Crippen LogP contribution in [0.3, 0.4) is 0 Å². The number of hydrogen-bond acceptors (Lipinski definition) is 5. The number of aliphatic hydroxyl groups excluding tert-OH is 1. The zero-order valence-corrected chi connectivity index (χ0v) is 10.2. The SMILES string of the molecule is Nc1cccc2oc(N3CCCC(CO)C3)nc12. The van der Waals surface area contributed by atoms with E-state index in [2.05, 4.69) is 9.88 Å². The quantitative estimate of drug-likeness (QED) is 0.789. The van der Waals surface area contributed by atoms with Crippen LogP contribution < -0.4 is 10.6 Å². The number of benzene rings is 1. The van der Waals surface area contributed by atoms with Crippen molar-refractivity contribution >= 4 is 22.8 Å². The van der Waals surface area contributed by atoms with Gasteiger partial charge in [-0.25, -0.2) is 0 Å². The van der Waals surface area contributed by atoms with Crippen molar-refractivity contribution in [2.45, 2.75) is 12.8 Å². The molecule has 3 N–H and O–H groups in total. The fourth-order valence-corrected chi connectivity index (χ4v) is 2.48. The Balaban J connectivity index is 1.92. The first-order chi connectivity index (χ1) is 8.78. The van der Waals surface area contributed by atoms with E-state index in [0.29, 0.717) is 17.6 Å². The Morgan fingerprint density at radius 2 is 2.39 bits per heavy atom. The van der Waals surface area contributed by atoms with E-state index in [4.69, 9.17) is 10.2 Å². The van der Waals surface area contributed by atoms with Crippen LogP contribution in [0.4, 0.5) is 11.7 Å². The molecule has 1 saturated heterocycles. The number of nitrogen functional groups attached to an aromatic ring is 1. The average Bonchev–Trinajstić information content (AvgIpc) is 2.84. The molecule has 1 unspecified atom stereocenters. The van der Waals surface area contributed by atoms with Gasteiger partial charge in [-0.05, 0) is 30.9 Å². The minimum absolute atomic E-state index is 0.221. The predicted molar refractivity (Wildman–Crippen MR) is 70.4 cm³/mol. The second kappa shape index (κ2) is 4.49. The van der Waals surface area contributed by atoms with E-state index in [-0.39, 0.29) is 6.61 Å². The highest BCUT2D eigenvalue weighted by Gasteiger charge is 2.23. The van der Waals surface area contributed by atoms with E-state index in [9.17, 15) is 5.11 Å². The molecule has 2 heterocycles. The molecular weight excluding hydrogens is 230 g/mol. The summed E-state index contributed by atoms with van der Waals surface area (Å²) in [6, 6.07) is 6.16. The first kappa shape index (κ1) is 11.3. The van der Waals surface area contributed by atoms with Gasteiger partial charge in [-0.1, -0.05) is 6.07 Å². The lowest BCUT2D eigenvalue weighted by Crippen LogP contribution is -2.36. The number of fused-ring (bicyclic) bond motifs is 1. The molecule has 1 aliphatic rings. The smallest absolute Gasteiger partial charge is 0.298 e. The summed E-state index contributed by atoms with van der Waals surface area (Å²) in [7, 11) is 0. The first-order valence-electron chi connectivity index (χ1n) is 6.29. The topological polar surface area (TPSA) is 75.5 Å². The molecule has 5 nitrogen and oxygen atoms in total. The van der Waals surface area contributed by atoms with Gasteiger partial charge in [-0.15, -0.1) is 0 Å². The van der Waals surface area contributed by atoms with Crippen molar-refractivity contribution in [3.63, 3.8) is 0 Å². The summed E-state index contributed by atoms with van der Waals surface area (Å²) >= 11 is 0. The molecule has 1 fully saturated rings. The Labute approximate surface area is 105 Å². The Kier molecular flexibility index (Phi) is 2.83. The van der Waals surface area contributed by atoms with E-state index < -0.39 is 0 Å². The van der Waals surface area contributed by atoms with Gasteiger partial charge >= 0.3 is 0 Å². The zero-order valence-electron chi connectivity index (χ0n) is 10.2. The van der Waals surface area contributed by atoms with E-state index in [1.807, 2.05) is 18.2 Å². The monoisotopic (exact) mass is 247 g/mol. The third-order valence-corrected chi connectivity index (χ3v) is 3.49. The number of rotatable bonds is 2. The van der Waals surface area contributed by atoms with Crippen LogP contribution in [0.1, 0.15) is 12.8 Å². The van der Waals surface area contributed by atoms with Crippen LogP contribution in [0.5, 0.6) is 0 Å². The van der Waals surface area contributed by atoms with Crippen molar-refractivity contribution in [3.8, 4) is 0 Å². The molecule has 18 heavy (non-hydrogen) atoms. The van der Waals surface area contributed by atoms with Gasteiger partial charge in [-0.2, -0.15) is 4.98 Å². The minimum Gasteiger partial charge on any atom is -0.423 e. The van der Waals surface area contributed by atoms with E-state index in [1.165, 1.54) is 0 Å². The van der Waals surface area contributed by atoms with Crippen LogP contribution in [0.15, 0.2) is 22.6 Å². The second-order valence-corrected chi connectivity index (χ2v) is 4.83. The number of oxazole rings is 1. The number of nitrogens with two attached hydrogens (primary N) is 1. The van der Waals surface area contributed by atoms with Gasteiger partial charge < -0.3 is 20.2 Å². The van der Waals surface area contributed by atoms with Gasteiger partial charge in [0.1, 0.15) is 5.52 Å². The van der Waals surface area contributed by atoms with Crippen molar-refractivity contribution in [2.75, 3.05) is 30.3 Å². The molecule has 2 aromatic rings. The van der Waals surface area contributed by atoms with Crippen molar-refractivity contribution < 1.29 is 9.52 Å². The summed E-state index contributed by atoms with van der Waals surface area (Å²) in [4.78, 5) is 6.54. The van der Waals surface area contributed by atoms with Gasteiger partial charge in [0.15, 0.2) is 5.58 Å². The Hall–Kier alpha value is -1.75. The Morgan fingerprint density at radius 1 is 1.50 bits per heavy atom. The van der Waals surface area contributed by atoms with Crippen molar-refractivity contribution in [3.05, 3.63) is 18.2 Å². The number of hydrogen-bond donors (Lipinski definition) is 2. The van der Waals surface area contributed by atoms with Crippen LogP contribution in [0, 0.1) is 5.92 Å². The zero-order chi connectivity index (χ0) is 12.5. The largest absolute Gasteiger partial charge is 0.423 e. The highest BCUT2D eigenvalue weighted by molar-refractivity contribution is 5.86. The normalized spacial score (nSPS) is 20.5. The molecule has 96 valence electrons. The molecule has 1 aliphatic heterocycles. The molecular formula is C13H17N3O2. The molecule has 3 rings (SSSR count). The van der Waals surface area contributed by atoms with Gasteiger partial charge in [0.25, 0.3) is 6.01 Å². The molecule has 0 radical (unpaired) electrons. The van der Waals surface area contributed by atoms with Crippen molar-refractivity contribution in [1.82, 2.24) is 4.98 Å². The summed E-state index contributed by atoms with van der Waals surface area (Å²) in [5.74, 6) is 0.311. The van der Waals surface area contributed by atoms with Crippen LogP contribution in [-0.4, -0.2) is 29.8 Å². The van der Waals surface area contributed by atoms with Gasteiger partial charge in [0.2, 0.25) is 0 Å². The molecule has 0 aliphatic carbocycles. The molecule has 0 amide bonds. The van der Waals surface area contributed by atoms with Crippen LogP contribution in [-0.2, 0) is 0 Å². The van der Waals surface area contributed by atoms with Crippen LogP contribution in [0.25, 0.3) is 11.1 Å². The molecule has 0 saturated carbocycles. The highest BCUT2D eigenvalue weighted by Crippen LogP contribution is 2.28. The van der Waals surface area contributed by atoms with Crippen molar-refractivity contribution in [2.24, 2.45) is 5.92 Å². The van der Waals surface area contributed by atoms with Crippen LogP contribution >= 0.6 is 0 Å². The van der Waals surface area contributed by atoms with E-state index >= 15 is 0 Å². The number of anilines is 2. The third kappa shape index (κ3) is 1.90. The van der Waals surface area contributed by atoms with Crippen molar-refractivity contribution in [1.29, 1.82) is 0 Å². The lowest BCUT2D eigenvalue weighted by molar-refractivity contribution is 0.207. The van der Waals surface area contributed by atoms with E-state index in [0.717, 1.165) is 37.0 Å². The summed E-state index contributed by atoms with van der Waals surface area (Å²) in [6.07, 6.45) is 2.12. The van der Waals surface area contributed by atoms with Gasteiger partial charge in [0, 0.05) is 19.7 Å². The predicted octanol–water partition coefficient (Wildman–Crippen LogP) is 1.62. The maximum absolute atomic E-state index is 9.24. The number of aromatic nitrogens is 1. The summed E-state index contributed by atoms with van der Waals surface area (Å²) in [5.41, 5.74) is 7.95. The minimum atomic E-state index is 0.221. The number of para-hydroxylation sites is 1. The summed E-state index contributed by atoms with van der Waals surface area (Å²) < 4.78 is 5.73. The van der Waals surface area contributed by atoms with Crippen LogP contribution in [0.2, 0.25) is 0 Å². The maximum Gasteiger partial charge on any atom is 0.298 e. The van der Waals surface area contributed by atoms with Gasteiger partial charge in [-0.3, -0.25) is 0 Å². The molecule has 1 atom stereocenters.